The van der Waals surface area contributed by atoms with Crippen molar-refractivity contribution in [2.24, 2.45) is 0 Å². The summed E-state index contributed by atoms with van der Waals surface area (Å²) in [6.45, 7) is 2.19. The monoisotopic (exact) mass is 244 g/mol. The first-order valence-electron chi connectivity index (χ1n) is 6.37. The number of benzene rings is 1. The van der Waals surface area contributed by atoms with Crippen LogP contribution in [0.3, 0.4) is 0 Å². The molecule has 0 saturated heterocycles. The minimum Gasteiger partial charge on any atom is -0.478 e. The van der Waals surface area contributed by atoms with Crippen LogP contribution in [0.5, 0.6) is 0 Å². The average molecular weight is 244 g/mol. The molecule has 1 fully saturated rings. The molecule has 3 rings (SSSR count). The number of imidazole rings is 1. The Bertz CT molecular complexity index is 606. The molecule has 18 heavy (non-hydrogen) atoms. The first-order valence-corrected chi connectivity index (χ1v) is 6.37. The van der Waals surface area contributed by atoms with E-state index in [1.807, 2.05) is 6.33 Å². The Morgan fingerprint density at radius 2 is 2.28 bits per heavy atom. The zero-order valence-corrected chi connectivity index (χ0v) is 10.4. The third-order valence-electron chi connectivity index (χ3n) is 4.25. The van der Waals surface area contributed by atoms with Gasteiger partial charge in [-0.3, -0.25) is 0 Å². The van der Waals surface area contributed by atoms with E-state index < -0.39 is 5.97 Å². The van der Waals surface area contributed by atoms with Gasteiger partial charge in [-0.2, -0.15) is 0 Å². The fourth-order valence-corrected chi connectivity index (χ4v) is 2.87. The summed E-state index contributed by atoms with van der Waals surface area (Å²) >= 11 is 0. The van der Waals surface area contributed by atoms with Crippen molar-refractivity contribution in [1.82, 2.24) is 9.55 Å². The average Bonchev–Trinajstić information content (AvgIpc) is 2.72. The fourth-order valence-electron chi connectivity index (χ4n) is 2.87. The maximum atomic E-state index is 11.1. The van der Waals surface area contributed by atoms with Crippen LogP contribution in [0, 0.1) is 0 Å². The number of rotatable bonds is 3. The van der Waals surface area contributed by atoms with Gasteiger partial charge in [-0.1, -0.05) is 6.92 Å². The lowest BCUT2D eigenvalue weighted by molar-refractivity contribution is 0.0697. The first-order chi connectivity index (χ1) is 8.66. The topological polar surface area (TPSA) is 55.1 Å². The van der Waals surface area contributed by atoms with Crippen molar-refractivity contribution in [2.75, 3.05) is 0 Å². The second-order valence-corrected chi connectivity index (χ2v) is 5.05. The van der Waals surface area contributed by atoms with Gasteiger partial charge in [0.1, 0.15) is 0 Å². The number of fused-ring (bicyclic) bond motifs is 1. The quantitative estimate of drug-likeness (QED) is 0.902. The van der Waals surface area contributed by atoms with Gasteiger partial charge in [-0.05, 0) is 43.9 Å². The molecule has 0 aliphatic heterocycles. The Kier molecular flexibility index (Phi) is 2.40. The largest absolute Gasteiger partial charge is 0.478 e. The molecule has 0 unspecified atom stereocenters. The van der Waals surface area contributed by atoms with E-state index in [0.717, 1.165) is 30.3 Å². The molecule has 0 bridgehead atoms. The molecular weight excluding hydrogens is 228 g/mol. The van der Waals surface area contributed by atoms with E-state index >= 15 is 0 Å². The van der Waals surface area contributed by atoms with Crippen molar-refractivity contribution >= 4 is 17.0 Å². The number of aromatic carboxylic acids is 1. The number of carboxylic acids is 1. The number of hydrogen-bond donors (Lipinski definition) is 1. The van der Waals surface area contributed by atoms with Gasteiger partial charge in [0, 0.05) is 5.54 Å². The van der Waals surface area contributed by atoms with Gasteiger partial charge >= 0.3 is 5.97 Å². The highest BCUT2D eigenvalue weighted by Gasteiger charge is 2.37. The van der Waals surface area contributed by atoms with Gasteiger partial charge < -0.3 is 9.67 Å². The fraction of sp³-hybridized carbons (Fsp3) is 0.429. The highest BCUT2D eigenvalue weighted by molar-refractivity contribution is 5.92. The van der Waals surface area contributed by atoms with E-state index in [0.29, 0.717) is 5.56 Å². The van der Waals surface area contributed by atoms with Crippen LogP contribution < -0.4 is 0 Å². The van der Waals surface area contributed by atoms with Crippen molar-refractivity contribution in [3.05, 3.63) is 30.1 Å². The number of nitrogens with zero attached hydrogens (tertiary/aromatic N) is 2. The van der Waals surface area contributed by atoms with Crippen LogP contribution in [0.25, 0.3) is 11.0 Å². The van der Waals surface area contributed by atoms with Crippen LogP contribution in [-0.2, 0) is 5.54 Å². The van der Waals surface area contributed by atoms with Gasteiger partial charge in [0.05, 0.1) is 22.9 Å². The maximum Gasteiger partial charge on any atom is 0.335 e. The van der Waals surface area contributed by atoms with Crippen LogP contribution in [0.15, 0.2) is 24.5 Å². The van der Waals surface area contributed by atoms with E-state index in [-0.39, 0.29) is 5.54 Å². The molecule has 1 heterocycles. The summed E-state index contributed by atoms with van der Waals surface area (Å²) in [5, 5.41) is 9.07. The van der Waals surface area contributed by atoms with Crippen molar-refractivity contribution in [3.63, 3.8) is 0 Å². The Hall–Kier alpha value is -1.84. The lowest BCUT2D eigenvalue weighted by atomic mass is 9.74. The van der Waals surface area contributed by atoms with E-state index in [1.165, 1.54) is 6.42 Å². The van der Waals surface area contributed by atoms with E-state index in [1.54, 1.807) is 18.2 Å². The highest BCUT2D eigenvalue weighted by Crippen LogP contribution is 2.43. The SMILES string of the molecule is CCC1(n2cnc3ccc(C(=O)O)cc32)CCC1. The first kappa shape index (κ1) is 11.3. The minimum absolute atomic E-state index is 0.159. The van der Waals surface area contributed by atoms with Gasteiger partial charge in [0.15, 0.2) is 0 Å². The number of carboxylic acid groups (broad SMARTS) is 1. The second-order valence-electron chi connectivity index (χ2n) is 5.05. The molecule has 1 aliphatic rings. The minimum atomic E-state index is -0.885. The smallest absolute Gasteiger partial charge is 0.335 e. The van der Waals surface area contributed by atoms with Gasteiger partial charge in [-0.25, -0.2) is 9.78 Å². The molecule has 1 N–H and O–H groups in total. The molecule has 2 aromatic rings. The van der Waals surface area contributed by atoms with Crippen LogP contribution in [0.2, 0.25) is 0 Å². The molecule has 4 heteroatoms. The highest BCUT2D eigenvalue weighted by atomic mass is 16.4. The summed E-state index contributed by atoms with van der Waals surface area (Å²) in [4.78, 5) is 15.4. The van der Waals surface area contributed by atoms with Gasteiger partial charge in [0.25, 0.3) is 0 Å². The third-order valence-corrected chi connectivity index (χ3v) is 4.25. The molecule has 0 spiro atoms. The summed E-state index contributed by atoms with van der Waals surface area (Å²) in [6.07, 6.45) is 6.49. The molecule has 0 amide bonds. The summed E-state index contributed by atoms with van der Waals surface area (Å²) in [6, 6.07) is 5.14. The van der Waals surface area contributed by atoms with Crippen LogP contribution >= 0.6 is 0 Å². The number of aromatic nitrogens is 2. The Morgan fingerprint density at radius 1 is 1.50 bits per heavy atom. The number of hydrogen-bond acceptors (Lipinski definition) is 2. The van der Waals surface area contributed by atoms with Crippen LogP contribution in [0.4, 0.5) is 0 Å². The van der Waals surface area contributed by atoms with E-state index in [2.05, 4.69) is 16.5 Å². The lowest BCUT2D eigenvalue weighted by Crippen LogP contribution is -2.39. The zero-order chi connectivity index (χ0) is 12.8. The molecule has 0 atom stereocenters. The Balaban J connectivity index is 2.18. The molecule has 1 saturated carbocycles. The number of carbonyl (C=O) groups is 1. The molecule has 4 nitrogen and oxygen atoms in total. The molecule has 1 aromatic heterocycles. The molecule has 0 radical (unpaired) electrons. The van der Waals surface area contributed by atoms with E-state index in [9.17, 15) is 4.79 Å². The predicted octanol–water partition coefficient (Wildman–Crippen LogP) is 3.02. The molecule has 1 aromatic carbocycles. The molecule has 94 valence electrons. The second kappa shape index (κ2) is 3.83. The summed E-state index contributed by atoms with van der Waals surface area (Å²) < 4.78 is 2.18. The van der Waals surface area contributed by atoms with Crippen molar-refractivity contribution in [3.8, 4) is 0 Å². The van der Waals surface area contributed by atoms with Crippen molar-refractivity contribution < 1.29 is 9.90 Å². The van der Waals surface area contributed by atoms with Crippen LogP contribution in [0.1, 0.15) is 43.0 Å². The Morgan fingerprint density at radius 3 is 2.83 bits per heavy atom. The zero-order valence-electron chi connectivity index (χ0n) is 10.4. The predicted molar refractivity (Wildman–Crippen MR) is 68.8 cm³/mol. The third kappa shape index (κ3) is 1.45. The molecular formula is C14H16N2O2. The maximum absolute atomic E-state index is 11.1. The molecule has 1 aliphatic carbocycles. The van der Waals surface area contributed by atoms with Crippen molar-refractivity contribution in [1.29, 1.82) is 0 Å². The van der Waals surface area contributed by atoms with Gasteiger partial charge in [0.2, 0.25) is 0 Å². The van der Waals surface area contributed by atoms with Gasteiger partial charge in [-0.15, -0.1) is 0 Å². The summed E-state index contributed by atoms with van der Waals surface area (Å²) in [7, 11) is 0. The van der Waals surface area contributed by atoms with Crippen molar-refractivity contribution in [2.45, 2.75) is 38.1 Å². The summed E-state index contributed by atoms with van der Waals surface area (Å²) in [5.74, 6) is -0.885. The standard InChI is InChI=1S/C14H16N2O2/c1-2-14(6-3-7-14)16-9-15-11-5-4-10(13(17)18)8-12(11)16/h4-5,8-9H,2-3,6-7H2,1H3,(H,17,18). The summed E-state index contributed by atoms with van der Waals surface area (Å²) in [5.41, 5.74) is 2.30. The van der Waals surface area contributed by atoms with Crippen LogP contribution in [-0.4, -0.2) is 20.6 Å². The Labute approximate surface area is 105 Å². The van der Waals surface area contributed by atoms with E-state index in [4.69, 9.17) is 5.11 Å². The lowest BCUT2D eigenvalue weighted by Gasteiger charge is -2.43. The normalized spacial score (nSPS) is 17.6.